The van der Waals surface area contributed by atoms with Crippen LogP contribution in [-0.4, -0.2) is 35.6 Å². The summed E-state index contributed by atoms with van der Waals surface area (Å²) >= 11 is 0. The van der Waals surface area contributed by atoms with Gasteiger partial charge in [-0.3, -0.25) is 9.59 Å². The third-order valence-corrected chi connectivity index (χ3v) is 5.99. The molecule has 1 atom stereocenters. The molecule has 3 aromatic carbocycles. The van der Waals surface area contributed by atoms with Crippen molar-refractivity contribution in [3.8, 4) is 28.6 Å². The summed E-state index contributed by atoms with van der Waals surface area (Å²) in [4.78, 5) is 31.6. The van der Waals surface area contributed by atoms with E-state index in [4.69, 9.17) is 9.26 Å². The van der Waals surface area contributed by atoms with E-state index >= 15 is 0 Å². The lowest BCUT2D eigenvalue weighted by Gasteiger charge is -2.17. The first kappa shape index (κ1) is 22.3. The number of benzene rings is 3. The number of carbonyl (C=O) groups is 2. The first-order valence-electron chi connectivity index (χ1n) is 11.3. The molecule has 1 aromatic heterocycles. The number of amides is 2. The van der Waals surface area contributed by atoms with Crippen LogP contribution >= 0.6 is 0 Å². The second kappa shape index (κ2) is 9.42. The van der Waals surface area contributed by atoms with Crippen molar-refractivity contribution in [2.24, 2.45) is 5.92 Å². The van der Waals surface area contributed by atoms with Gasteiger partial charge in [-0.1, -0.05) is 28.9 Å². The fourth-order valence-corrected chi connectivity index (χ4v) is 4.03. The zero-order valence-electron chi connectivity index (χ0n) is 19.4. The van der Waals surface area contributed by atoms with E-state index in [1.807, 2.05) is 61.5 Å². The summed E-state index contributed by atoms with van der Waals surface area (Å²) < 4.78 is 10.6. The highest BCUT2D eigenvalue weighted by Gasteiger charge is 2.35. The van der Waals surface area contributed by atoms with E-state index in [0.29, 0.717) is 29.5 Å². The molecular formula is C27H24N4O4. The Balaban J connectivity index is 1.27. The van der Waals surface area contributed by atoms with Crippen LogP contribution in [0, 0.1) is 12.8 Å². The predicted octanol–water partition coefficient (Wildman–Crippen LogP) is 4.71. The summed E-state index contributed by atoms with van der Waals surface area (Å²) in [6.07, 6.45) is 0.175. The number of ether oxygens (including phenoxy) is 1. The zero-order chi connectivity index (χ0) is 24.4. The number of methoxy groups -OCH3 is 1. The molecule has 0 radical (unpaired) electrons. The lowest BCUT2D eigenvalue weighted by molar-refractivity contribution is -0.122. The van der Waals surface area contributed by atoms with Crippen LogP contribution in [0.1, 0.15) is 12.0 Å². The highest BCUT2D eigenvalue weighted by Crippen LogP contribution is 2.28. The number of rotatable bonds is 6. The quantitative estimate of drug-likeness (QED) is 0.440. The minimum atomic E-state index is -0.433. The molecular weight excluding hydrogens is 444 g/mol. The number of hydrogen-bond acceptors (Lipinski definition) is 6. The summed E-state index contributed by atoms with van der Waals surface area (Å²) in [6.45, 7) is 2.34. The zero-order valence-corrected chi connectivity index (χ0v) is 19.4. The van der Waals surface area contributed by atoms with Crippen molar-refractivity contribution >= 4 is 23.2 Å². The maximum Gasteiger partial charge on any atom is 0.258 e. The van der Waals surface area contributed by atoms with Crippen molar-refractivity contribution in [1.82, 2.24) is 10.1 Å². The number of carbonyl (C=O) groups excluding carboxylic acids is 2. The van der Waals surface area contributed by atoms with Gasteiger partial charge in [-0.2, -0.15) is 4.98 Å². The van der Waals surface area contributed by atoms with Crippen molar-refractivity contribution in [1.29, 1.82) is 0 Å². The Kier molecular flexibility index (Phi) is 6.01. The number of hydrogen-bond donors (Lipinski definition) is 1. The molecule has 1 aliphatic rings. The summed E-state index contributed by atoms with van der Waals surface area (Å²) in [5.41, 5.74) is 4.00. The minimum absolute atomic E-state index is 0.0559. The largest absolute Gasteiger partial charge is 0.497 e. The van der Waals surface area contributed by atoms with Gasteiger partial charge in [0, 0.05) is 35.5 Å². The molecule has 8 heteroatoms. The van der Waals surface area contributed by atoms with E-state index in [-0.39, 0.29) is 18.2 Å². The van der Waals surface area contributed by atoms with Crippen molar-refractivity contribution in [3.63, 3.8) is 0 Å². The van der Waals surface area contributed by atoms with Crippen LogP contribution in [0.25, 0.3) is 22.8 Å². The van der Waals surface area contributed by atoms with Crippen LogP contribution in [0.15, 0.2) is 77.3 Å². The third-order valence-electron chi connectivity index (χ3n) is 5.99. The standard InChI is InChI=1S/C27H24N4O4/c1-17-6-10-22(11-7-17)31-16-20(15-24(31)32)26(33)28-21-5-3-4-19(14-21)27-29-25(30-35-27)18-8-12-23(34-2)13-9-18/h3-14,20H,15-16H2,1-2H3,(H,28,33). The van der Waals surface area contributed by atoms with Crippen molar-refractivity contribution in [3.05, 3.63) is 78.4 Å². The Labute approximate surface area is 202 Å². The molecule has 1 unspecified atom stereocenters. The summed E-state index contributed by atoms with van der Waals surface area (Å²) in [7, 11) is 1.61. The number of nitrogens with zero attached hydrogens (tertiary/aromatic N) is 3. The van der Waals surface area contributed by atoms with Crippen molar-refractivity contribution < 1.29 is 18.8 Å². The van der Waals surface area contributed by atoms with Crippen LogP contribution in [0.4, 0.5) is 11.4 Å². The molecule has 1 saturated heterocycles. The summed E-state index contributed by atoms with van der Waals surface area (Å²) in [5, 5.41) is 6.99. The lowest BCUT2D eigenvalue weighted by atomic mass is 10.1. The topological polar surface area (TPSA) is 97.6 Å². The van der Waals surface area contributed by atoms with E-state index in [1.54, 1.807) is 30.2 Å². The number of aromatic nitrogens is 2. The molecule has 4 aromatic rings. The van der Waals surface area contributed by atoms with Gasteiger partial charge in [0.25, 0.3) is 5.89 Å². The molecule has 0 aliphatic carbocycles. The van der Waals surface area contributed by atoms with Crippen LogP contribution in [0.2, 0.25) is 0 Å². The monoisotopic (exact) mass is 468 g/mol. The van der Waals surface area contributed by atoms with E-state index < -0.39 is 5.92 Å². The Morgan fingerprint density at radius 3 is 2.57 bits per heavy atom. The van der Waals surface area contributed by atoms with E-state index in [9.17, 15) is 9.59 Å². The predicted molar refractivity (Wildman–Crippen MR) is 132 cm³/mol. The van der Waals surface area contributed by atoms with Crippen molar-refractivity contribution in [2.75, 3.05) is 23.9 Å². The molecule has 0 bridgehead atoms. The van der Waals surface area contributed by atoms with Gasteiger partial charge < -0.3 is 19.5 Å². The lowest BCUT2D eigenvalue weighted by Crippen LogP contribution is -2.28. The summed E-state index contributed by atoms with van der Waals surface area (Å²) in [6, 6.07) is 22.3. The van der Waals surface area contributed by atoms with Gasteiger partial charge in [0.05, 0.1) is 13.0 Å². The van der Waals surface area contributed by atoms with Crippen molar-refractivity contribution in [2.45, 2.75) is 13.3 Å². The highest BCUT2D eigenvalue weighted by molar-refractivity contribution is 6.03. The van der Waals surface area contributed by atoms with Crippen LogP contribution in [0.5, 0.6) is 5.75 Å². The maximum absolute atomic E-state index is 12.9. The minimum Gasteiger partial charge on any atom is -0.497 e. The van der Waals surface area contributed by atoms with Crippen LogP contribution in [-0.2, 0) is 9.59 Å². The smallest absolute Gasteiger partial charge is 0.258 e. The molecule has 1 N–H and O–H groups in total. The van der Waals surface area contributed by atoms with Gasteiger partial charge in [0.2, 0.25) is 17.6 Å². The van der Waals surface area contributed by atoms with E-state index in [1.165, 1.54) is 0 Å². The Morgan fingerprint density at radius 2 is 1.83 bits per heavy atom. The molecule has 176 valence electrons. The molecule has 8 nitrogen and oxygen atoms in total. The molecule has 0 spiro atoms. The molecule has 0 saturated carbocycles. The number of aryl methyl sites for hydroxylation is 1. The van der Waals surface area contributed by atoms with Gasteiger partial charge in [0.15, 0.2) is 0 Å². The molecule has 2 heterocycles. The van der Waals surface area contributed by atoms with Crippen LogP contribution < -0.4 is 15.0 Å². The molecule has 1 fully saturated rings. The Hall–Kier alpha value is -4.46. The van der Waals surface area contributed by atoms with E-state index in [2.05, 4.69) is 15.5 Å². The SMILES string of the molecule is COc1ccc(-c2noc(-c3cccc(NC(=O)C4CC(=O)N(c5ccc(C)cc5)C4)c3)n2)cc1. The maximum atomic E-state index is 12.9. The Bertz CT molecular complexity index is 1360. The number of anilines is 2. The number of nitrogens with one attached hydrogen (secondary N) is 1. The summed E-state index contributed by atoms with van der Waals surface area (Å²) in [5.74, 6) is 0.852. The van der Waals surface area contributed by atoms with E-state index in [0.717, 1.165) is 22.6 Å². The molecule has 5 rings (SSSR count). The Morgan fingerprint density at radius 1 is 1.06 bits per heavy atom. The molecule has 1 aliphatic heterocycles. The third kappa shape index (κ3) is 4.77. The fraction of sp³-hybridized carbons (Fsp3) is 0.185. The second-order valence-electron chi connectivity index (χ2n) is 8.46. The normalized spacial score (nSPS) is 15.3. The fourth-order valence-electron chi connectivity index (χ4n) is 4.03. The second-order valence-corrected chi connectivity index (χ2v) is 8.46. The van der Waals surface area contributed by atoms with Gasteiger partial charge >= 0.3 is 0 Å². The van der Waals surface area contributed by atoms with Gasteiger partial charge in [-0.25, -0.2) is 0 Å². The molecule has 35 heavy (non-hydrogen) atoms. The first-order chi connectivity index (χ1) is 17.0. The average molecular weight is 469 g/mol. The first-order valence-corrected chi connectivity index (χ1v) is 11.3. The van der Waals surface area contributed by atoms with Crippen LogP contribution in [0.3, 0.4) is 0 Å². The van der Waals surface area contributed by atoms with Gasteiger partial charge in [0.1, 0.15) is 5.75 Å². The average Bonchev–Trinajstić information content (AvgIpc) is 3.52. The highest BCUT2D eigenvalue weighted by atomic mass is 16.5. The van der Waals surface area contributed by atoms with Gasteiger partial charge in [-0.05, 0) is 61.5 Å². The molecule has 2 amide bonds. The van der Waals surface area contributed by atoms with Gasteiger partial charge in [-0.15, -0.1) is 0 Å².